The Morgan fingerprint density at radius 1 is 1.07 bits per heavy atom. The molecule has 0 aliphatic carbocycles. The highest BCUT2D eigenvalue weighted by atomic mass is 35.5. The summed E-state index contributed by atoms with van der Waals surface area (Å²) in [6.45, 7) is 3.89. The van der Waals surface area contributed by atoms with Gasteiger partial charge in [-0.3, -0.25) is 4.79 Å². The van der Waals surface area contributed by atoms with Crippen molar-refractivity contribution in [2.75, 3.05) is 38.1 Å². The Balaban J connectivity index is 1.56. The molecule has 0 unspecified atom stereocenters. The fraction of sp³-hybridized carbons (Fsp3) is 0.333. The van der Waals surface area contributed by atoms with Gasteiger partial charge >= 0.3 is 6.09 Å². The van der Waals surface area contributed by atoms with Gasteiger partial charge in [0.2, 0.25) is 5.95 Å². The van der Waals surface area contributed by atoms with Crippen LogP contribution in [0, 0.1) is 0 Å². The summed E-state index contributed by atoms with van der Waals surface area (Å²) in [6, 6.07) is 7.15. The molecule has 1 aromatic heterocycles. The van der Waals surface area contributed by atoms with Crippen molar-refractivity contribution in [2.24, 2.45) is 0 Å². The molecule has 1 fully saturated rings. The number of nitrogens with zero attached hydrogens (tertiary/aromatic N) is 4. The number of benzene rings is 1. The summed E-state index contributed by atoms with van der Waals surface area (Å²) in [6.07, 6.45) is 2.64. The first-order valence-electron chi connectivity index (χ1n) is 8.62. The maximum absolute atomic E-state index is 12.6. The Labute approximate surface area is 162 Å². The molecular formula is C18H20ClN5O3. The highest BCUT2D eigenvalue weighted by Crippen LogP contribution is 2.17. The zero-order valence-corrected chi connectivity index (χ0v) is 15.6. The lowest BCUT2D eigenvalue weighted by Crippen LogP contribution is -2.50. The van der Waals surface area contributed by atoms with E-state index in [1.54, 1.807) is 28.9 Å². The van der Waals surface area contributed by atoms with Gasteiger partial charge in [-0.25, -0.2) is 14.8 Å². The molecule has 1 aliphatic rings. The van der Waals surface area contributed by atoms with E-state index in [2.05, 4.69) is 15.3 Å². The maximum Gasteiger partial charge on any atom is 0.409 e. The molecule has 142 valence electrons. The van der Waals surface area contributed by atoms with Gasteiger partial charge in [0.25, 0.3) is 5.91 Å². The van der Waals surface area contributed by atoms with Crippen LogP contribution < -0.4 is 5.32 Å². The topological polar surface area (TPSA) is 87.7 Å². The number of nitrogens with one attached hydrogen (secondary N) is 1. The molecule has 3 rings (SSSR count). The molecule has 1 saturated heterocycles. The van der Waals surface area contributed by atoms with Gasteiger partial charge in [-0.05, 0) is 31.2 Å². The number of amides is 2. The third-order valence-electron chi connectivity index (χ3n) is 4.09. The van der Waals surface area contributed by atoms with E-state index in [0.29, 0.717) is 49.3 Å². The van der Waals surface area contributed by atoms with E-state index in [-0.39, 0.29) is 12.0 Å². The van der Waals surface area contributed by atoms with Crippen LogP contribution in [-0.2, 0) is 4.74 Å². The van der Waals surface area contributed by atoms with Crippen molar-refractivity contribution in [2.45, 2.75) is 6.92 Å². The predicted octanol–water partition coefficient (Wildman–Crippen LogP) is 2.79. The van der Waals surface area contributed by atoms with E-state index in [4.69, 9.17) is 16.3 Å². The van der Waals surface area contributed by atoms with Crippen molar-refractivity contribution in [1.29, 1.82) is 0 Å². The number of carbonyl (C=O) groups is 2. The zero-order chi connectivity index (χ0) is 19.2. The zero-order valence-electron chi connectivity index (χ0n) is 14.9. The molecule has 1 aromatic carbocycles. The van der Waals surface area contributed by atoms with Gasteiger partial charge in [-0.2, -0.15) is 0 Å². The smallest absolute Gasteiger partial charge is 0.409 e. The van der Waals surface area contributed by atoms with Gasteiger partial charge in [-0.1, -0.05) is 11.6 Å². The lowest BCUT2D eigenvalue weighted by atomic mass is 10.2. The molecule has 8 nitrogen and oxygen atoms in total. The average molecular weight is 390 g/mol. The second-order valence-corrected chi connectivity index (χ2v) is 6.34. The quantitative estimate of drug-likeness (QED) is 0.865. The van der Waals surface area contributed by atoms with Crippen molar-refractivity contribution in [3.8, 4) is 0 Å². The first kappa shape index (κ1) is 18.9. The summed E-state index contributed by atoms with van der Waals surface area (Å²) in [5, 5.41) is 3.69. The first-order chi connectivity index (χ1) is 13.1. The van der Waals surface area contributed by atoms with Crippen LogP contribution in [-0.4, -0.2) is 64.6 Å². The molecule has 0 bridgehead atoms. The monoisotopic (exact) mass is 389 g/mol. The summed E-state index contributed by atoms with van der Waals surface area (Å²) in [5.41, 5.74) is 1.20. The van der Waals surface area contributed by atoms with Gasteiger partial charge in [0.1, 0.15) is 0 Å². The number of carbonyl (C=O) groups excluding carboxylic acids is 2. The highest BCUT2D eigenvalue weighted by molar-refractivity contribution is 6.30. The van der Waals surface area contributed by atoms with Crippen molar-refractivity contribution >= 4 is 35.2 Å². The number of piperazine rings is 1. The Morgan fingerprint density at radius 3 is 2.26 bits per heavy atom. The van der Waals surface area contributed by atoms with Gasteiger partial charge in [0.05, 0.1) is 12.2 Å². The lowest BCUT2D eigenvalue weighted by Gasteiger charge is -2.33. The van der Waals surface area contributed by atoms with Crippen molar-refractivity contribution in [3.05, 3.63) is 47.2 Å². The highest BCUT2D eigenvalue weighted by Gasteiger charge is 2.25. The number of anilines is 2. The minimum absolute atomic E-state index is 0.156. The fourth-order valence-electron chi connectivity index (χ4n) is 2.65. The second-order valence-electron chi connectivity index (χ2n) is 5.91. The summed E-state index contributed by atoms with van der Waals surface area (Å²) >= 11 is 5.86. The molecule has 0 saturated carbocycles. The van der Waals surface area contributed by atoms with E-state index >= 15 is 0 Å². The Kier molecular flexibility index (Phi) is 6.08. The van der Waals surface area contributed by atoms with Crippen LogP contribution in [0.25, 0.3) is 0 Å². The number of ether oxygens (including phenoxy) is 1. The number of rotatable bonds is 4. The van der Waals surface area contributed by atoms with Crippen molar-refractivity contribution in [3.63, 3.8) is 0 Å². The predicted molar refractivity (Wildman–Crippen MR) is 101 cm³/mol. The van der Waals surface area contributed by atoms with Crippen molar-refractivity contribution in [1.82, 2.24) is 19.8 Å². The number of hydrogen-bond acceptors (Lipinski definition) is 6. The third kappa shape index (κ3) is 4.85. The van der Waals surface area contributed by atoms with E-state index in [1.165, 1.54) is 12.4 Å². The number of halogens is 1. The van der Waals surface area contributed by atoms with Crippen LogP contribution in [0.1, 0.15) is 17.3 Å². The van der Waals surface area contributed by atoms with Crippen LogP contribution in [0.4, 0.5) is 16.4 Å². The Hall–Kier alpha value is -2.87. The van der Waals surface area contributed by atoms with Gasteiger partial charge in [0, 0.05) is 49.3 Å². The molecule has 1 aliphatic heterocycles. The Morgan fingerprint density at radius 2 is 1.67 bits per heavy atom. The molecule has 0 spiro atoms. The average Bonchev–Trinajstić information content (AvgIpc) is 2.70. The largest absolute Gasteiger partial charge is 0.450 e. The van der Waals surface area contributed by atoms with Crippen LogP contribution >= 0.6 is 11.6 Å². The summed E-state index contributed by atoms with van der Waals surface area (Å²) < 4.78 is 4.98. The van der Waals surface area contributed by atoms with Gasteiger partial charge < -0.3 is 19.9 Å². The molecule has 2 amide bonds. The molecule has 0 radical (unpaired) electrons. The summed E-state index contributed by atoms with van der Waals surface area (Å²) in [7, 11) is 0. The number of hydrogen-bond donors (Lipinski definition) is 1. The van der Waals surface area contributed by atoms with Crippen LogP contribution in [0.15, 0.2) is 36.7 Å². The molecule has 27 heavy (non-hydrogen) atoms. The lowest BCUT2D eigenvalue weighted by molar-refractivity contribution is 0.0570. The maximum atomic E-state index is 12.6. The van der Waals surface area contributed by atoms with E-state index < -0.39 is 0 Å². The molecule has 2 heterocycles. The minimum Gasteiger partial charge on any atom is -0.450 e. The first-order valence-corrected chi connectivity index (χ1v) is 9.00. The van der Waals surface area contributed by atoms with E-state index in [1.807, 2.05) is 12.1 Å². The summed E-state index contributed by atoms with van der Waals surface area (Å²) in [4.78, 5) is 36.0. The van der Waals surface area contributed by atoms with Crippen molar-refractivity contribution < 1.29 is 14.3 Å². The second kappa shape index (κ2) is 8.68. The summed E-state index contributed by atoms with van der Waals surface area (Å²) in [5.74, 6) is 0.234. The fourth-order valence-corrected chi connectivity index (χ4v) is 2.78. The molecule has 1 N–H and O–H groups in total. The van der Waals surface area contributed by atoms with Crippen LogP contribution in [0.2, 0.25) is 5.02 Å². The SMILES string of the molecule is CCOC(=O)N1CCN(C(=O)c2cnc(Nc3ccc(Cl)cc3)nc2)CC1. The van der Waals surface area contributed by atoms with E-state index in [0.717, 1.165) is 5.69 Å². The molecule has 2 aromatic rings. The standard InChI is InChI=1S/C18H20ClN5O3/c1-2-27-18(26)24-9-7-23(8-10-24)16(25)13-11-20-17(21-12-13)22-15-5-3-14(19)4-6-15/h3-6,11-12H,2,7-10H2,1H3,(H,20,21,22). The molecular weight excluding hydrogens is 370 g/mol. The third-order valence-corrected chi connectivity index (χ3v) is 4.34. The molecule has 0 atom stereocenters. The Bertz CT molecular complexity index is 790. The minimum atomic E-state index is -0.342. The van der Waals surface area contributed by atoms with E-state index in [9.17, 15) is 9.59 Å². The molecule has 9 heteroatoms. The van der Waals surface area contributed by atoms with Gasteiger partial charge in [0.15, 0.2) is 0 Å². The van der Waals surface area contributed by atoms with Crippen LogP contribution in [0.5, 0.6) is 0 Å². The number of aromatic nitrogens is 2. The van der Waals surface area contributed by atoms with Gasteiger partial charge in [-0.15, -0.1) is 0 Å². The normalized spacial score (nSPS) is 14.0. The van der Waals surface area contributed by atoms with Crippen LogP contribution in [0.3, 0.4) is 0 Å².